The first-order valence-corrected chi connectivity index (χ1v) is 8.67. The van der Waals surface area contributed by atoms with Crippen LogP contribution in [0.25, 0.3) is 0 Å². The van der Waals surface area contributed by atoms with E-state index in [2.05, 4.69) is 20.8 Å². The van der Waals surface area contributed by atoms with E-state index >= 15 is 0 Å². The van der Waals surface area contributed by atoms with Crippen LogP contribution in [0.2, 0.25) is 5.02 Å². The van der Waals surface area contributed by atoms with Crippen LogP contribution in [-0.2, 0) is 0 Å². The van der Waals surface area contributed by atoms with Crippen molar-refractivity contribution in [2.75, 3.05) is 7.05 Å². The number of hydrazone groups is 1. The molecule has 1 unspecified atom stereocenters. The first-order valence-electron chi connectivity index (χ1n) is 7.42. The van der Waals surface area contributed by atoms with E-state index in [1.807, 2.05) is 12.3 Å². The first kappa shape index (κ1) is 17.4. The number of halogens is 2. The van der Waals surface area contributed by atoms with E-state index in [1.54, 1.807) is 19.3 Å². The van der Waals surface area contributed by atoms with Crippen molar-refractivity contribution in [2.45, 2.75) is 13.0 Å². The van der Waals surface area contributed by atoms with Crippen molar-refractivity contribution in [1.82, 2.24) is 15.7 Å². The van der Waals surface area contributed by atoms with Crippen LogP contribution >= 0.6 is 22.9 Å². The fraction of sp³-hybridized carbons (Fsp3) is 0.188. The monoisotopic (exact) mass is 378 g/mol. The second kappa shape index (κ2) is 7.20. The number of nitrogens with two attached hydrogens (primary N) is 1. The van der Waals surface area contributed by atoms with Gasteiger partial charge >= 0.3 is 0 Å². The van der Waals surface area contributed by atoms with E-state index in [0.29, 0.717) is 17.0 Å². The molecule has 3 rings (SSSR count). The second-order valence-corrected chi connectivity index (χ2v) is 6.57. The average molecular weight is 379 g/mol. The highest BCUT2D eigenvalue weighted by molar-refractivity contribution is 7.11. The third-order valence-corrected chi connectivity index (χ3v) is 4.75. The topological polar surface area (TPSA) is 87.7 Å². The van der Waals surface area contributed by atoms with Gasteiger partial charge in [-0.25, -0.2) is 9.37 Å². The van der Waals surface area contributed by atoms with Gasteiger partial charge in [0.05, 0.1) is 0 Å². The molecule has 0 saturated carbocycles. The molecule has 1 aromatic heterocycles. The fourth-order valence-electron chi connectivity index (χ4n) is 2.59. The van der Waals surface area contributed by atoms with Gasteiger partial charge < -0.3 is 16.5 Å². The number of amidine groups is 2. The van der Waals surface area contributed by atoms with E-state index in [4.69, 9.17) is 22.3 Å². The Labute approximate surface area is 153 Å². The standard InChI is InChI=1S/C16H16ClFN6S/c1-8-12(14(19)24-20-2)13(10-4-3-9(18)7-11(10)17)23-15(22-8)16-21-5-6-25-16/h3-7,13,20H,1-2H3,(H2,19,24)(H,22,23). The molecule has 9 heteroatoms. The molecule has 0 bridgehead atoms. The zero-order chi connectivity index (χ0) is 18.0. The predicted molar refractivity (Wildman–Crippen MR) is 99.3 cm³/mol. The van der Waals surface area contributed by atoms with E-state index in [9.17, 15) is 4.39 Å². The van der Waals surface area contributed by atoms with Crippen molar-refractivity contribution < 1.29 is 4.39 Å². The summed E-state index contributed by atoms with van der Waals surface area (Å²) in [6, 6.07) is 3.69. The fourth-order valence-corrected chi connectivity index (χ4v) is 3.44. The van der Waals surface area contributed by atoms with Crippen molar-refractivity contribution in [3.8, 4) is 0 Å². The highest BCUT2D eigenvalue weighted by atomic mass is 35.5. The molecule has 4 N–H and O–H groups in total. The van der Waals surface area contributed by atoms with Crippen LogP contribution in [-0.4, -0.2) is 23.7 Å². The largest absolute Gasteiger partial charge is 0.382 e. The minimum absolute atomic E-state index is 0.275. The molecule has 1 aromatic carbocycles. The number of hydrogen-bond acceptors (Lipinski definition) is 6. The minimum Gasteiger partial charge on any atom is -0.382 e. The van der Waals surface area contributed by atoms with Crippen LogP contribution in [0.5, 0.6) is 0 Å². The summed E-state index contributed by atoms with van der Waals surface area (Å²) in [5.74, 6) is 0.477. The van der Waals surface area contributed by atoms with Crippen molar-refractivity contribution >= 4 is 34.6 Å². The molecule has 0 spiro atoms. The second-order valence-electron chi connectivity index (χ2n) is 5.27. The van der Waals surface area contributed by atoms with Crippen LogP contribution < -0.4 is 16.5 Å². The van der Waals surface area contributed by atoms with E-state index in [1.165, 1.54) is 23.5 Å². The lowest BCUT2D eigenvalue weighted by Gasteiger charge is -2.26. The van der Waals surface area contributed by atoms with Crippen LogP contribution in [0.3, 0.4) is 0 Å². The normalized spacial score (nSPS) is 18.0. The zero-order valence-corrected chi connectivity index (χ0v) is 15.1. The third kappa shape index (κ3) is 3.49. The number of allylic oxidation sites excluding steroid dienone is 1. The average Bonchev–Trinajstić information content (AvgIpc) is 3.08. The van der Waals surface area contributed by atoms with Gasteiger partial charge in [-0.2, -0.15) is 5.10 Å². The maximum absolute atomic E-state index is 13.5. The van der Waals surface area contributed by atoms with Gasteiger partial charge in [0.25, 0.3) is 0 Å². The smallest absolute Gasteiger partial charge is 0.163 e. The molecule has 1 aliphatic heterocycles. The quantitative estimate of drug-likeness (QED) is 0.433. The molecule has 1 aliphatic rings. The number of thiazole rings is 1. The summed E-state index contributed by atoms with van der Waals surface area (Å²) >= 11 is 7.73. The van der Waals surface area contributed by atoms with Gasteiger partial charge in [0.15, 0.2) is 16.7 Å². The highest BCUT2D eigenvalue weighted by Crippen LogP contribution is 2.35. The Morgan fingerprint density at radius 2 is 2.28 bits per heavy atom. The van der Waals surface area contributed by atoms with E-state index < -0.39 is 11.9 Å². The van der Waals surface area contributed by atoms with Crippen molar-refractivity contribution in [1.29, 1.82) is 0 Å². The lowest BCUT2D eigenvalue weighted by Crippen LogP contribution is -2.35. The van der Waals surface area contributed by atoms with Crippen molar-refractivity contribution in [3.05, 3.63) is 62.5 Å². The van der Waals surface area contributed by atoms with Gasteiger partial charge in [-0.1, -0.05) is 17.7 Å². The van der Waals surface area contributed by atoms with Gasteiger partial charge in [-0.05, 0) is 19.1 Å². The first-order chi connectivity index (χ1) is 12.0. The number of nitrogens with zero attached hydrogens (tertiary/aromatic N) is 3. The summed E-state index contributed by atoms with van der Waals surface area (Å²) in [6.07, 6.45) is 1.70. The van der Waals surface area contributed by atoms with Crippen LogP contribution in [0.15, 0.2) is 51.1 Å². The Morgan fingerprint density at radius 3 is 2.92 bits per heavy atom. The molecule has 130 valence electrons. The molecular weight excluding hydrogens is 363 g/mol. The summed E-state index contributed by atoms with van der Waals surface area (Å²) in [7, 11) is 1.66. The molecular formula is C16H16ClFN6S. The van der Waals surface area contributed by atoms with Gasteiger partial charge in [-0.15, -0.1) is 11.3 Å². The predicted octanol–water partition coefficient (Wildman–Crippen LogP) is 2.79. The lowest BCUT2D eigenvalue weighted by molar-refractivity contribution is 0.626. The SMILES string of the molecule is CN/N=C(\N)C1=C(C)NC(c2nccs2)=NC1c1ccc(F)cc1Cl. The maximum Gasteiger partial charge on any atom is 0.163 e. The summed E-state index contributed by atoms with van der Waals surface area (Å²) in [5, 5.41) is 10.1. The number of hydrogen-bond donors (Lipinski definition) is 3. The molecule has 1 atom stereocenters. The van der Waals surface area contributed by atoms with Crippen LogP contribution in [0, 0.1) is 5.82 Å². The molecule has 25 heavy (non-hydrogen) atoms. The molecule has 2 heterocycles. The molecule has 0 radical (unpaired) electrons. The van der Waals surface area contributed by atoms with Gasteiger partial charge in [0.1, 0.15) is 11.9 Å². The number of nitrogens with one attached hydrogen (secondary N) is 2. The minimum atomic E-state index is -0.523. The van der Waals surface area contributed by atoms with Crippen LogP contribution in [0.4, 0.5) is 4.39 Å². The van der Waals surface area contributed by atoms with Gasteiger partial charge in [0.2, 0.25) is 0 Å². The van der Waals surface area contributed by atoms with Gasteiger partial charge in [0, 0.05) is 40.5 Å². The lowest BCUT2D eigenvalue weighted by atomic mass is 9.95. The van der Waals surface area contributed by atoms with E-state index in [0.717, 1.165) is 10.7 Å². The van der Waals surface area contributed by atoms with Crippen molar-refractivity contribution in [3.63, 3.8) is 0 Å². The summed E-state index contributed by atoms with van der Waals surface area (Å²) < 4.78 is 13.5. The highest BCUT2D eigenvalue weighted by Gasteiger charge is 2.29. The Bertz CT molecular complexity index is 875. The molecule has 0 aliphatic carbocycles. The van der Waals surface area contributed by atoms with E-state index in [-0.39, 0.29) is 10.9 Å². The summed E-state index contributed by atoms with van der Waals surface area (Å²) in [6.45, 7) is 1.88. The molecule has 0 saturated heterocycles. The summed E-state index contributed by atoms with van der Waals surface area (Å²) in [4.78, 5) is 9.00. The van der Waals surface area contributed by atoms with Crippen molar-refractivity contribution in [2.24, 2.45) is 15.8 Å². The Balaban J connectivity index is 2.15. The number of benzene rings is 1. The third-order valence-electron chi connectivity index (χ3n) is 3.64. The Kier molecular flexibility index (Phi) is 5.00. The zero-order valence-electron chi connectivity index (χ0n) is 13.5. The number of aliphatic imine (C=N–C) groups is 1. The van der Waals surface area contributed by atoms with Gasteiger partial charge in [-0.3, -0.25) is 4.99 Å². The number of aromatic nitrogens is 1. The Morgan fingerprint density at radius 1 is 1.48 bits per heavy atom. The molecule has 0 fully saturated rings. The number of rotatable bonds is 4. The molecule has 2 aromatic rings. The molecule has 0 amide bonds. The van der Waals surface area contributed by atoms with Crippen LogP contribution in [0.1, 0.15) is 23.5 Å². The summed E-state index contributed by atoms with van der Waals surface area (Å²) in [5.41, 5.74) is 10.9. The molecule has 6 nitrogen and oxygen atoms in total. The maximum atomic E-state index is 13.5. The Hall–Kier alpha value is -2.45.